The molecule has 112 valence electrons. The highest BCUT2D eigenvalue weighted by Gasteiger charge is 2.20. The largest absolute Gasteiger partial charge is 0.368 e. The highest BCUT2D eigenvalue weighted by atomic mass is 32.1. The first-order chi connectivity index (χ1) is 9.66. The number of carbonyl (C=O) groups excluding carboxylic acids is 1. The molecule has 0 spiro atoms. The normalized spacial score (nSPS) is 18.1. The average molecular weight is 296 g/mol. The Kier molecular flexibility index (Phi) is 6.01. The van der Waals surface area contributed by atoms with Crippen LogP contribution in [0.5, 0.6) is 0 Å². The molecule has 0 aliphatic carbocycles. The lowest BCUT2D eigenvalue weighted by molar-refractivity contribution is -0.129. The van der Waals surface area contributed by atoms with Crippen LogP contribution in [0.1, 0.15) is 37.6 Å². The van der Waals surface area contributed by atoms with Crippen molar-refractivity contribution in [2.45, 2.75) is 38.8 Å². The molecular weight excluding hydrogens is 272 g/mol. The summed E-state index contributed by atoms with van der Waals surface area (Å²) in [6.45, 7) is 6.38. The van der Waals surface area contributed by atoms with E-state index in [0.717, 1.165) is 25.9 Å². The summed E-state index contributed by atoms with van der Waals surface area (Å²) in [4.78, 5) is 13.3. The molecule has 2 N–H and O–H groups in total. The second-order valence-corrected chi connectivity index (χ2v) is 6.54. The molecule has 1 aliphatic heterocycles. The van der Waals surface area contributed by atoms with Crippen molar-refractivity contribution in [3.63, 3.8) is 0 Å². The molecule has 1 aromatic rings. The van der Waals surface area contributed by atoms with Crippen molar-refractivity contribution < 1.29 is 9.53 Å². The van der Waals surface area contributed by atoms with Crippen LogP contribution in [0.25, 0.3) is 0 Å². The van der Waals surface area contributed by atoms with Gasteiger partial charge in [-0.25, -0.2) is 0 Å². The lowest BCUT2D eigenvalue weighted by atomic mass is 10.0. The van der Waals surface area contributed by atoms with Gasteiger partial charge in [-0.3, -0.25) is 4.79 Å². The summed E-state index contributed by atoms with van der Waals surface area (Å²) in [7, 11) is 0. The fraction of sp³-hybridized carbons (Fsp3) is 0.667. The maximum absolute atomic E-state index is 12.0. The van der Waals surface area contributed by atoms with Crippen LogP contribution in [0.15, 0.2) is 17.5 Å². The number of thiophene rings is 1. The Hall–Kier alpha value is -0.910. The third-order valence-corrected chi connectivity index (χ3v) is 4.52. The van der Waals surface area contributed by atoms with Gasteiger partial charge in [0.05, 0.1) is 12.1 Å². The predicted molar refractivity (Wildman–Crippen MR) is 81.9 cm³/mol. The summed E-state index contributed by atoms with van der Waals surface area (Å²) in [6.07, 6.45) is 2.21. The second kappa shape index (κ2) is 7.76. The van der Waals surface area contributed by atoms with E-state index in [4.69, 9.17) is 4.74 Å². The molecule has 0 saturated carbocycles. The highest BCUT2D eigenvalue weighted by Crippen LogP contribution is 2.25. The summed E-state index contributed by atoms with van der Waals surface area (Å²) < 4.78 is 5.69. The molecule has 1 aromatic heterocycles. The monoisotopic (exact) mass is 296 g/mol. The molecule has 1 aliphatic rings. The number of hydrogen-bond donors (Lipinski definition) is 2. The fourth-order valence-corrected chi connectivity index (χ4v) is 3.35. The molecule has 1 amide bonds. The average Bonchev–Trinajstić information content (AvgIpc) is 2.97. The molecule has 1 unspecified atom stereocenters. The molecule has 0 radical (unpaired) electrons. The van der Waals surface area contributed by atoms with E-state index in [9.17, 15) is 4.79 Å². The third kappa shape index (κ3) is 4.58. The zero-order valence-electron chi connectivity index (χ0n) is 12.2. The smallest absolute Gasteiger partial charge is 0.246 e. The van der Waals surface area contributed by atoms with Gasteiger partial charge in [0.2, 0.25) is 5.91 Å². The Bertz CT molecular complexity index is 400. The van der Waals surface area contributed by atoms with Gasteiger partial charge in [0.1, 0.15) is 6.61 Å². The van der Waals surface area contributed by atoms with Gasteiger partial charge in [0, 0.05) is 4.88 Å². The molecule has 2 rings (SSSR count). The maximum Gasteiger partial charge on any atom is 0.246 e. The van der Waals surface area contributed by atoms with Crippen LogP contribution in [-0.2, 0) is 9.53 Å². The first-order valence-corrected chi connectivity index (χ1v) is 8.20. The molecule has 2 heterocycles. The Morgan fingerprint density at radius 2 is 2.25 bits per heavy atom. The van der Waals surface area contributed by atoms with Crippen molar-refractivity contribution in [3.05, 3.63) is 22.4 Å². The van der Waals surface area contributed by atoms with Crippen molar-refractivity contribution in [3.8, 4) is 0 Å². The zero-order chi connectivity index (χ0) is 14.4. The van der Waals surface area contributed by atoms with E-state index in [2.05, 4.69) is 30.5 Å². The van der Waals surface area contributed by atoms with Crippen LogP contribution in [-0.4, -0.2) is 31.7 Å². The maximum atomic E-state index is 12.0. The summed E-state index contributed by atoms with van der Waals surface area (Å²) in [5.74, 6) is 0.354. The Morgan fingerprint density at radius 1 is 1.50 bits per heavy atom. The van der Waals surface area contributed by atoms with Gasteiger partial charge in [0.15, 0.2) is 0 Å². The molecule has 4 nitrogen and oxygen atoms in total. The lowest BCUT2D eigenvalue weighted by Crippen LogP contribution is -2.37. The van der Waals surface area contributed by atoms with Gasteiger partial charge in [0.25, 0.3) is 0 Å². The minimum absolute atomic E-state index is 0.0179. The summed E-state index contributed by atoms with van der Waals surface area (Å²) in [6, 6.07) is 4.18. The lowest BCUT2D eigenvalue weighted by Gasteiger charge is -2.24. The van der Waals surface area contributed by atoms with Crippen LogP contribution >= 0.6 is 11.3 Å². The van der Waals surface area contributed by atoms with Gasteiger partial charge in [-0.2, -0.15) is 0 Å². The van der Waals surface area contributed by atoms with Crippen LogP contribution in [0.4, 0.5) is 0 Å². The van der Waals surface area contributed by atoms with E-state index in [1.165, 1.54) is 4.88 Å². The standard InChI is InChI=1S/C15H24N2O2S/c1-11(2)15(13-4-3-9-20-13)17-14(18)10-19-12-5-7-16-8-6-12/h3-4,9,11-12,15-16H,5-8,10H2,1-2H3,(H,17,18). The van der Waals surface area contributed by atoms with Crippen molar-refractivity contribution in [1.82, 2.24) is 10.6 Å². The number of ether oxygens (including phenoxy) is 1. The molecule has 0 aromatic carbocycles. The van der Waals surface area contributed by atoms with Crippen molar-refractivity contribution in [2.24, 2.45) is 5.92 Å². The van der Waals surface area contributed by atoms with E-state index in [1.807, 2.05) is 11.4 Å². The second-order valence-electron chi connectivity index (χ2n) is 5.56. The van der Waals surface area contributed by atoms with Crippen molar-refractivity contribution in [1.29, 1.82) is 0 Å². The van der Waals surface area contributed by atoms with Crippen LogP contribution in [0.2, 0.25) is 0 Å². The van der Waals surface area contributed by atoms with Gasteiger partial charge in [-0.1, -0.05) is 19.9 Å². The third-order valence-electron chi connectivity index (χ3n) is 3.57. The molecular formula is C15H24N2O2S. The zero-order valence-corrected chi connectivity index (χ0v) is 13.0. The summed E-state index contributed by atoms with van der Waals surface area (Å²) in [5.41, 5.74) is 0. The number of hydrogen-bond acceptors (Lipinski definition) is 4. The predicted octanol–water partition coefficient (Wildman–Crippen LogP) is 2.33. The number of amides is 1. The molecule has 0 bridgehead atoms. The van der Waals surface area contributed by atoms with Gasteiger partial charge < -0.3 is 15.4 Å². The summed E-state index contributed by atoms with van der Waals surface area (Å²) in [5, 5.41) is 8.42. The first-order valence-electron chi connectivity index (χ1n) is 7.32. The van der Waals surface area contributed by atoms with Crippen molar-refractivity contribution >= 4 is 17.2 Å². The summed E-state index contributed by atoms with van der Waals surface area (Å²) >= 11 is 1.68. The number of rotatable bonds is 6. The molecule has 20 heavy (non-hydrogen) atoms. The SMILES string of the molecule is CC(C)C(NC(=O)COC1CCNCC1)c1cccs1. The number of piperidine rings is 1. The molecule has 1 atom stereocenters. The van der Waals surface area contributed by atoms with E-state index < -0.39 is 0 Å². The topological polar surface area (TPSA) is 50.4 Å². The van der Waals surface area contributed by atoms with Crippen LogP contribution in [0.3, 0.4) is 0 Å². The van der Waals surface area contributed by atoms with E-state index in [-0.39, 0.29) is 24.7 Å². The molecule has 1 saturated heterocycles. The fourth-order valence-electron chi connectivity index (χ4n) is 2.41. The minimum Gasteiger partial charge on any atom is -0.368 e. The molecule has 1 fully saturated rings. The quantitative estimate of drug-likeness (QED) is 0.847. The van der Waals surface area contributed by atoms with E-state index >= 15 is 0 Å². The number of nitrogens with one attached hydrogen (secondary N) is 2. The Balaban J connectivity index is 1.79. The van der Waals surface area contributed by atoms with E-state index in [0.29, 0.717) is 5.92 Å². The first kappa shape index (κ1) is 15.5. The Labute approximate surface area is 124 Å². The Morgan fingerprint density at radius 3 is 2.85 bits per heavy atom. The minimum atomic E-state index is -0.0179. The van der Waals surface area contributed by atoms with Gasteiger partial charge in [-0.05, 0) is 43.3 Å². The number of carbonyl (C=O) groups is 1. The van der Waals surface area contributed by atoms with Crippen LogP contribution < -0.4 is 10.6 Å². The van der Waals surface area contributed by atoms with Crippen LogP contribution in [0, 0.1) is 5.92 Å². The van der Waals surface area contributed by atoms with E-state index in [1.54, 1.807) is 11.3 Å². The van der Waals surface area contributed by atoms with Gasteiger partial charge in [-0.15, -0.1) is 11.3 Å². The molecule has 5 heteroatoms. The highest BCUT2D eigenvalue weighted by molar-refractivity contribution is 7.10. The van der Waals surface area contributed by atoms with Crippen molar-refractivity contribution in [2.75, 3.05) is 19.7 Å². The van der Waals surface area contributed by atoms with Gasteiger partial charge >= 0.3 is 0 Å².